The summed E-state index contributed by atoms with van der Waals surface area (Å²) >= 11 is 6.00. The number of ether oxygens (including phenoxy) is 1. The van der Waals surface area contributed by atoms with Crippen molar-refractivity contribution in [1.29, 1.82) is 0 Å². The molecule has 2 rings (SSSR count). The van der Waals surface area contributed by atoms with Gasteiger partial charge in [-0.05, 0) is 37.7 Å². The fourth-order valence-electron chi connectivity index (χ4n) is 1.80. The van der Waals surface area contributed by atoms with Crippen LogP contribution in [0.25, 0.3) is 0 Å². The van der Waals surface area contributed by atoms with Gasteiger partial charge in [-0.1, -0.05) is 11.6 Å². The highest BCUT2D eigenvalue weighted by Gasteiger charge is 2.20. The first kappa shape index (κ1) is 17.3. The molecule has 1 amide bonds. The van der Waals surface area contributed by atoms with Crippen LogP contribution >= 0.6 is 11.6 Å². The predicted molar refractivity (Wildman–Crippen MR) is 85.6 cm³/mol. The summed E-state index contributed by atoms with van der Waals surface area (Å²) in [5.74, 6) is -0.375. The summed E-state index contributed by atoms with van der Waals surface area (Å²) < 4.78 is 35.5. The zero-order chi connectivity index (χ0) is 17.2. The van der Waals surface area contributed by atoms with Crippen molar-refractivity contribution in [2.45, 2.75) is 12.0 Å². The predicted octanol–water partition coefficient (Wildman–Crippen LogP) is 2.41. The van der Waals surface area contributed by atoms with Crippen molar-refractivity contribution in [3.8, 4) is 5.75 Å². The van der Waals surface area contributed by atoms with E-state index < -0.39 is 15.9 Å². The molecule has 0 aliphatic rings. The van der Waals surface area contributed by atoms with E-state index in [1.54, 1.807) is 19.1 Å². The molecule has 2 N–H and O–H groups in total. The minimum atomic E-state index is -3.75. The number of nitrogens with one attached hydrogen (secondary N) is 2. The molecule has 0 fully saturated rings. The van der Waals surface area contributed by atoms with Crippen LogP contribution in [-0.2, 0) is 10.0 Å². The molecule has 1 heterocycles. The molecule has 9 heteroatoms. The van der Waals surface area contributed by atoms with Crippen molar-refractivity contribution in [3.05, 3.63) is 40.6 Å². The fourth-order valence-corrected chi connectivity index (χ4v) is 2.60. The zero-order valence-electron chi connectivity index (χ0n) is 12.6. The van der Waals surface area contributed by atoms with E-state index in [1.165, 1.54) is 26.3 Å². The van der Waals surface area contributed by atoms with Gasteiger partial charge in [0.05, 0.1) is 12.8 Å². The van der Waals surface area contributed by atoms with Crippen LogP contribution in [-0.4, -0.2) is 28.5 Å². The lowest BCUT2D eigenvalue weighted by molar-refractivity contribution is 0.0991. The number of halogens is 1. The largest absolute Gasteiger partial charge is 0.495 e. The number of carbonyl (C=O) groups excluding carboxylic acids is 1. The molecule has 7 nitrogen and oxygen atoms in total. The van der Waals surface area contributed by atoms with Crippen LogP contribution in [0.2, 0.25) is 5.02 Å². The number of hydrogen-bond donors (Lipinski definition) is 2. The van der Waals surface area contributed by atoms with E-state index in [2.05, 4.69) is 10.0 Å². The monoisotopic (exact) mass is 358 g/mol. The lowest BCUT2D eigenvalue weighted by Crippen LogP contribution is -2.18. The van der Waals surface area contributed by atoms with Crippen molar-refractivity contribution < 1.29 is 22.4 Å². The van der Waals surface area contributed by atoms with Gasteiger partial charge in [0.25, 0.3) is 15.9 Å². The molecule has 0 saturated heterocycles. The molecule has 1 aromatic heterocycles. The SMILES string of the molecule is CNS(=O)(=O)c1ccc(C(=O)Nc2cc(C)c(Cl)cc2OC)o1. The number of furan rings is 1. The lowest BCUT2D eigenvalue weighted by atomic mass is 10.2. The van der Waals surface area contributed by atoms with Gasteiger partial charge in [-0.3, -0.25) is 4.79 Å². The van der Waals surface area contributed by atoms with Gasteiger partial charge in [-0.2, -0.15) is 0 Å². The lowest BCUT2D eigenvalue weighted by Gasteiger charge is -2.11. The second-order valence-corrected chi connectivity index (χ2v) is 6.81. The molecule has 1 aromatic carbocycles. The summed E-state index contributed by atoms with van der Waals surface area (Å²) in [5, 5.41) is 2.75. The van der Waals surface area contributed by atoms with Gasteiger partial charge < -0.3 is 14.5 Å². The van der Waals surface area contributed by atoms with Gasteiger partial charge in [0.1, 0.15) is 5.75 Å². The van der Waals surface area contributed by atoms with Crippen LogP contribution in [0, 0.1) is 6.92 Å². The molecule has 2 aromatic rings. The average Bonchev–Trinajstić information content (AvgIpc) is 3.01. The first-order valence-corrected chi connectivity index (χ1v) is 8.33. The summed E-state index contributed by atoms with van der Waals surface area (Å²) in [5.41, 5.74) is 1.15. The van der Waals surface area contributed by atoms with Crippen LogP contribution in [0.4, 0.5) is 5.69 Å². The molecule has 23 heavy (non-hydrogen) atoms. The summed E-state index contributed by atoms with van der Waals surface area (Å²) in [4.78, 5) is 12.2. The standard InChI is InChI=1S/C14H15ClN2O5S/c1-8-6-10(12(21-3)7-9(8)15)17-14(18)11-4-5-13(22-11)23(19,20)16-2/h4-7,16H,1-3H3,(H,17,18). The van der Waals surface area contributed by atoms with Gasteiger partial charge in [0.2, 0.25) is 5.09 Å². The molecular formula is C14H15ClN2O5S. The maximum Gasteiger partial charge on any atom is 0.291 e. The molecular weight excluding hydrogens is 344 g/mol. The van der Waals surface area contributed by atoms with Crippen LogP contribution in [0.5, 0.6) is 5.75 Å². The Hall–Kier alpha value is -2.03. The molecule has 0 atom stereocenters. The van der Waals surface area contributed by atoms with Crippen molar-refractivity contribution in [2.24, 2.45) is 0 Å². The number of hydrogen-bond acceptors (Lipinski definition) is 5. The third-order valence-corrected chi connectivity index (χ3v) is 4.76. The maximum absolute atomic E-state index is 12.2. The first-order valence-electron chi connectivity index (χ1n) is 6.47. The molecule has 0 radical (unpaired) electrons. The number of anilines is 1. The smallest absolute Gasteiger partial charge is 0.291 e. The van der Waals surface area contributed by atoms with E-state index in [-0.39, 0.29) is 10.9 Å². The average molecular weight is 359 g/mol. The maximum atomic E-state index is 12.2. The summed E-state index contributed by atoms with van der Waals surface area (Å²) in [6, 6.07) is 5.69. The molecule has 0 aliphatic carbocycles. The molecule has 0 unspecified atom stereocenters. The van der Waals surface area contributed by atoms with E-state index in [9.17, 15) is 13.2 Å². The molecule has 0 aliphatic heterocycles. The number of sulfonamides is 1. The third-order valence-electron chi connectivity index (χ3n) is 3.07. The summed E-state index contributed by atoms with van der Waals surface area (Å²) in [6.45, 7) is 1.78. The minimum absolute atomic E-state index is 0.145. The topological polar surface area (TPSA) is 97.6 Å². The van der Waals surface area contributed by atoms with E-state index >= 15 is 0 Å². The number of rotatable bonds is 5. The van der Waals surface area contributed by atoms with Crippen LogP contribution in [0.3, 0.4) is 0 Å². The Bertz CT molecular complexity index is 845. The highest BCUT2D eigenvalue weighted by atomic mass is 35.5. The Morgan fingerprint density at radius 1 is 1.30 bits per heavy atom. The second kappa shape index (κ2) is 6.61. The van der Waals surface area contributed by atoms with Crippen molar-refractivity contribution in [2.75, 3.05) is 19.5 Å². The quantitative estimate of drug-likeness (QED) is 0.855. The second-order valence-electron chi connectivity index (χ2n) is 4.58. The third kappa shape index (κ3) is 3.66. The van der Waals surface area contributed by atoms with E-state index in [0.29, 0.717) is 16.5 Å². The summed E-state index contributed by atoms with van der Waals surface area (Å²) in [7, 11) is -1.05. The van der Waals surface area contributed by atoms with E-state index in [0.717, 1.165) is 5.56 Å². The number of carbonyl (C=O) groups is 1. The molecule has 0 spiro atoms. The fraction of sp³-hybridized carbons (Fsp3) is 0.214. The van der Waals surface area contributed by atoms with Crippen LogP contribution in [0.15, 0.2) is 33.8 Å². The Morgan fingerprint density at radius 3 is 2.61 bits per heavy atom. The molecule has 124 valence electrons. The number of benzene rings is 1. The zero-order valence-corrected chi connectivity index (χ0v) is 14.2. The van der Waals surface area contributed by atoms with Crippen LogP contribution < -0.4 is 14.8 Å². The van der Waals surface area contributed by atoms with Crippen molar-refractivity contribution in [1.82, 2.24) is 4.72 Å². The van der Waals surface area contributed by atoms with Crippen LogP contribution in [0.1, 0.15) is 16.1 Å². The van der Waals surface area contributed by atoms with E-state index in [1.807, 2.05) is 0 Å². The molecule has 0 saturated carbocycles. The summed E-state index contributed by atoms with van der Waals surface area (Å²) in [6.07, 6.45) is 0. The normalized spacial score (nSPS) is 11.3. The van der Waals surface area contributed by atoms with Gasteiger partial charge in [-0.15, -0.1) is 0 Å². The number of methoxy groups -OCH3 is 1. The Morgan fingerprint density at radius 2 is 2.00 bits per heavy atom. The highest BCUT2D eigenvalue weighted by Crippen LogP contribution is 2.31. The first-order chi connectivity index (χ1) is 10.8. The van der Waals surface area contributed by atoms with Crippen molar-refractivity contribution >= 4 is 33.2 Å². The number of aryl methyl sites for hydroxylation is 1. The Balaban J connectivity index is 2.28. The van der Waals surface area contributed by atoms with Gasteiger partial charge in [-0.25, -0.2) is 13.1 Å². The van der Waals surface area contributed by atoms with Gasteiger partial charge in [0.15, 0.2) is 5.76 Å². The Labute approximate surface area is 138 Å². The van der Waals surface area contributed by atoms with Crippen molar-refractivity contribution in [3.63, 3.8) is 0 Å². The van der Waals surface area contributed by atoms with Gasteiger partial charge in [0, 0.05) is 11.1 Å². The van der Waals surface area contributed by atoms with E-state index in [4.69, 9.17) is 20.8 Å². The Kier molecular flexibility index (Phi) is 4.98. The van der Waals surface area contributed by atoms with Gasteiger partial charge >= 0.3 is 0 Å². The number of amides is 1. The highest BCUT2D eigenvalue weighted by molar-refractivity contribution is 7.89. The molecule has 0 bridgehead atoms. The minimum Gasteiger partial charge on any atom is -0.495 e.